The van der Waals surface area contributed by atoms with Crippen LogP contribution in [0.25, 0.3) is 0 Å². The third kappa shape index (κ3) is 4.29. The van der Waals surface area contributed by atoms with Crippen molar-refractivity contribution < 1.29 is 9.53 Å². The van der Waals surface area contributed by atoms with Crippen molar-refractivity contribution in [3.63, 3.8) is 0 Å². The van der Waals surface area contributed by atoms with Gasteiger partial charge >= 0.3 is 0 Å². The van der Waals surface area contributed by atoms with Crippen LogP contribution in [0.3, 0.4) is 0 Å². The molecule has 3 aromatic carbocycles. The minimum atomic E-state index is -0.633. The van der Waals surface area contributed by atoms with Crippen LogP contribution in [0, 0.1) is 0 Å². The first-order chi connectivity index (χ1) is 15.0. The largest absolute Gasteiger partial charge is 0.494 e. The van der Waals surface area contributed by atoms with E-state index in [1.807, 2.05) is 47.4 Å². The molecule has 1 heterocycles. The molecule has 0 aromatic heterocycles. The fourth-order valence-electron chi connectivity index (χ4n) is 4.38. The number of amides is 1. The molecule has 1 amide bonds. The Morgan fingerprint density at radius 3 is 2.32 bits per heavy atom. The van der Waals surface area contributed by atoms with Crippen molar-refractivity contribution >= 4 is 11.6 Å². The Kier molecular flexibility index (Phi) is 5.99. The number of nitrogens with zero attached hydrogens (tertiary/aromatic N) is 1. The molecule has 4 nitrogen and oxygen atoms in total. The molecular weight excluding hydrogens is 384 g/mol. The van der Waals surface area contributed by atoms with Gasteiger partial charge in [0.25, 0.3) is 5.91 Å². The highest BCUT2D eigenvalue weighted by Crippen LogP contribution is 2.39. The maximum absolute atomic E-state index is 13.3. The molecule has 1 aliphatic rings. The highest BCUT2D eigenvalue weighted by Gasteiger charge is 2.43. The van der Waals surface area contributed by atoms with Crippen LogP contribution in [0.15, 0.2) is 78.9 Å². The first-order valence-corrected chi connectivity index (χ1v) is 11.0. The zero-order valence-electron chi connectivity index (χ0n) is 18.5. The van der Waals surface area contributed by atoms with E-state index < -0.39 is 5.66 Å². The summed E-state index contributed by atoms with van der Waals surface area (Å²) in [5.41, 5.74) is 3.31. The second kappa shape index (κ2) is 8.84. The van der Waals surface area contributed by atoms with Gasteiger partial charge in [-0.05, 0) is 69.0 Å². The summed E-state index contributed by atoms with van der Waals surface area (Å²) >= 11 is 0. The van der Waals surface area contributed by atoms with E-state index in [2.05, 4.69) is 62.5 Å². The molecule has 0 aliphatic carbocycles. The van der Waals surface area contributed by atoms with Gasteiger partial charge in [0.2, 0.25) is 0 Å². The fraction of sp³-hybridized carbons (Fsp3) is 0.296. The summed E-state index contributed by atoms with van der Waals surface area (Å²) in [6.07, 6.45) is 1.98. The van der Waals surface area contributed by atoms with E-state index in [9.17, 15) is 4.79 Å². The average Bonchev–Trinajstić information content (AvgIpc) is 2.77. The molecule has 160 valence electrons. The lowest BCUT2D eigenvalue weighted by Crippen LogP contribution is -2.58. The number of hydrogen-bond acceptors (Lipinski definition) is 3. The van der Waals surface area contributed by atoms with Crippen molar-refractivity contribution in [2.75, 3.05) is 11.9 Å². The summed E-state index contributed by atoms with van der Waals surface area (Å²) < 4.78 is 5.95. The Hall–Kier alpha value is -3.27. The molecule has 0 bridgehead atoms. The zero-order chi connectivity index (χ0) is 21.8. The van der Waals surface area contributed by atoms with Crippen LogP contribution in [-0.4, -0.2) is 23.5 Å². The van der Waals surface area contributed by atoms with Gasteiger partial charge in [0.1, 0.15) is 11.4 Å². The van der Waals surface area contributed by atoms with Crippen molar-refractivity contribution in [2.45, 2.75) is 45.3 Å². The van der Waals surface area contributed by atoms with Crippen molar-refractivity contribution in [3.8, 4) is 5.75 Å². The number of para-hydroxylation sites is 1. The Bertz CT molecular complexity index is 1030. The number of anilines is 1. The monoisotopic (exact) mass is 414 g/mol. The summed E-state index contributed by atoms with van der Waals surface area (Å²) in [5.74, 6) is 0.895. The van der Waals surface area contributed by atoms with E-state index in [-0.39, 0.29) is 11.9 Å². The maximum Gasteiger partial charge on any atom is 0.258 e. The molecule has 0 saturated heterocycles. The lowest BCUT2D eigenvalue weighted by molar-refractivity contribution is 0.0433. The van der Waals surface area contributed by atoms with Gasteiger partial charge in [0.15, 0.2) is 0 Å². The predicted octanol–water partition coefficient (Wildman–Crippen LogP) is 5.85. The van der Waals surface area contributed by atoms with Gasteiger partial charge in [-0.25, -0.2) is 0 Å². The molecule has 1 aliphatic heterocycles. The van der Waals surface area contributed by atoms with Gasteiger partial charge < -0.3 is 15.0 Å². The van der Waals surface area contributed by atoms with Crippen LogP contribution < -0.4 is 10.1 Å². The van der Waals surface area contributed by atoms with Crippen LogP contribution in [0.2, 0.25) is 0 Å². The second-order valence-electron chi connectivity index (χ2n) is 8.47. The molecule has 0 spiro atoms. The van der Waals surface area contributed by atoms with Gasteiger partial charge in [-0.3, -0.25) is 4.79 Å². The number of fused-ring (bicyclic) bond motifs is 1. The van der Waals surface area contributed by atoms with Gasteiger partial charge in [0, 0.05) is 11.7 Å². The first-order valence-electron chi connectivity index (χ1n) is 11.0. The maximum atomic E-state index is 13.3. The Balaban J connectivity index is 1.47. The quantitative estimate of drug-likeness (QED) is 0.493. The summed E-state index contributed by atoms with van der Waals surface area (Å²) in [4.78, 5) is 15.2. The third-order valence-corrected chi connectivity index (χ3v) is 5.89. The van der Waals surface area contributed by atoms with E-state index >= 15 is 0 Å². The average molecular weight is 415 g/mol. The van der Waals surface area contributed by atoms with Gasteiger partial charge in [-0.1, -0.05) is 54.6 Å². The predicted molar refractivity (Wildman–Crippen MR) is 125 cm³/mol. The molecule has 31 heavy (non-hydrogen) atoms. The molecule has 4 rings (SSSR count). The standard InChI is InChI=1S/C27H30N2O2/c1-20(2)29-26(30)24-13-7-8-14-25(24)28-27(29,3)22-15-17-23(18-16-22)31-19-9-12-21-10-5-4-6-11-21/h4-8,10-11,13-18,20,28H,9,12,19H2,1-3H3. The number of rotatable bonds is 7. The molecule has 1 atom stereocenters. The Labute approximate surface area is 184 Å². The number of ether oxygens (including phenoxy) is 1. The highest BCUT2D eigenvalue weighted by molar-refractivity contribution is 6.02. The van der Waals surface area contributed by atoms with Crippen LogP contribution in [0.4, 0.5) is 5.69 Å². The zero-order valence-corrected chi connectivity index (χ0v) is 18.5. The number of carbonyl (C=O) groups is 1. The van der Waals surface area contributed by atoms with E-state index in [4.69, 9.17) is 4.74 Å². The SMILES string of the molecule is CC(C)N1C(=O)c2ccccc2NC1(C)c1ccc(OCCCc2ccccc2)cc1. The fourth-order valence-corrected chi connectivity index (χ4v) is 4.38. The number of carbonyl (C=O) groups excluding carboxylic acids is 1. The third-order valence-electron chi connectivity index (χ3n) is 5.89. The first kappa shape index (κ1) is 21.0. The number of hydrogen-bond donors (Lipinski definition) is 1. The Morgan fingerprint density at radius 2 is 1.61 bits per heavy atom. The smallest absolute Gasteiger partial charge is 0.258 e. The lowest BCUT2D eigenvalue weighted by atomic mass is 9.92. The van der Waals surface area contributed by atoms with Crippen LogP contribution in [0.1, 0.15) is 48.7 Å². The van der Waals surface area contributed by atoms with Crippen molar-refractivity contribution in [1.29, 1.82) is 0 Å². The lowest BCUT2D eigenvalue weighted by Gasteiger charge is -2.48. The van der Waals surface area contributed by atoms with Gasteiger partial charge in [0.05, 0.1) is 12.2 Å². The topological polar surface area (TPSA) is 41.6 Å². The molecule has 0 saturated carbocycles. The highest BCUT2D eigenvalue weighted by atomic mass is 16.5. The van der Waals surface area contributed by atoms with E-state index in [1.54, 1.807) is 0 Å². The second-order valence-corrected chi connectivity index (χ2v) is 8.47. The summed E-state index contributed by atoms with van der Waals surface area (Å²) in [5, 5.41) is 3.61. The minimum absolute atomic E-state index is 0.0484. The molecule has 3 aromatic rings. The molecule has 1 unspecified atom stereocenters. The van der Waals surface area contributed by atoms with Crippen LogP contribution >= 0.6 is 0 Å². The summed E-state index contributed by atoms with van der Waals surface area (Å²) in [6, 6.07) is 26.3. The normalized spacial score (nSPS) is 17.9. The Morgan fingerprint density at radius 1 is 0.935 bits per heavy atom. The van der Waals surface area contributed by atoms with Crippen molar-refractivity contribution in [3.05, 3.63) is 95.6 Å². The molecule has 0 fully saturated rings. The number of aryl methyl sites for hydroxylation is 1. The van der Waals surface area contributed by atoms with E-state index in [1.165, 1.54) is 5.56 Å². The molecule has 4 heteroatoms. The molecular formula is C27H30N2O2. The summed E-state index contributed by atoms with van der Waals surface area (Å²) in [7, 11) is 0. The molecule has 0 radical (unpaired) electrons. The van der Waals surface area contributed by atoms with E-state index in [0.29, 0.717) is 12.2 Å². The van der Waals surface area contributed by atoms with Crippen LogP contribution in [0.5, 0.6) is 5.75 Å². The van der Waals surface area contributed by atoms with Gasteiger partial charge in [-0.2, -0.15) is 0 Å². The summed E-state index contributed by atoms with van der Waals surface area (Å²) in [6.45, 7) is 6.84. The number of benzene rings is 3. The van der Waals surface area contributed by atoms with E-state index in [0.717, 1.165) is 29.8 Å². The van der Waals surface area contributed by atoms with Crippen LogP contribution in [-0.2, 0) is 12.1 Å². The van der Waals surface area contributed by atoms with Gasteiger partial charge in [-0.15, -0.1) is 0 Å². The number of nitrogens with one attached hydrogen (secondary N) is 1. The van der Waals surface area contributed by atoms with Crippen molar-refractivity contribution in [2.24, 2.45) is 0 Å². The van der Waals surface area contributed by atoms with Crippen molar-refractivity contribution in [1.82, 2.24) is 4.90 Å². The molecule has 1 N–H and O–H groups in total. The minimum Gasteiger partial charge on any atom is -0.494 e.